The number of anilines is 2. The lowest BCUT2D eigenvalue weighted by Crippen LogP contribution is -2.30. The minimum Gasteiger partial charge on any atom is -0.356 e. The lowest BCUT2D eigenvalue weighted by molar-refractivity contribution is 0.484. The van der Waals surface area contributed by atoms with Gasteiger partial charge in [-0.15, -0.1) is 0 Å². The van der Waals surface area contributed by atoms with Crippen LogP contribution in [0.25, 0.3) is 0 Å². The van der Waals surface area contributed by atoms with Gasteiger partial charge in [-0.25, -0.2) is 10.8 Å². The molecule has 0 saturated heterocycles. The van der Waals surface area contributed by atoms with E-state index in [4.69, 9.17) is 5.84 Å². The average molecular weight is 237 g/mol. The largest absolute Gasteiger partial charge is 0.356 e. The second-order valence-corrected chi connectivity index (χ2v) is 4.10. The maximum Gasteiger partial charge on any atom is 0.239 e. The van der Waals surface area contributed by atoms with Crippen LogP contribution in [0.1, 0.15) is 33.6 Å². The Hall–Kier alpha value is -1.36. The van der Waals surface area contributed by atoms with Crippen molar-refractivity contribution in [2.45, 2.75) is 33.6 Å². The van der Waals surface area contributed by atoms with E-state index in [-0.39, 0.29) is 0 Å². The lowest BCUT2D eigenvalue weighted by Gasteiger charge is -2.26. The van der Waals surface area contributed by atoms with Gasteiger partial charge in [0.1, 0.15) is 5.82 Å². The van der Waals surface area contributed by atoms with E-state index in [0.717, 1.165) is 18.9 Å². The minimum absolute atomic E-state index is 0.463. The summed E-state index contributed by atoms with van der Waals surface area (Å²) >= 11 is 0. The molecule has 5 nitrogen and oxygen atoms in total. The SMILES string of the molecule is CCC(CC)CN(CC)c1ccnc(NN)n1. The number of nitrogens with one attached hydrogen (secondary N) is 1. The molecular weight excluding hydrogens is 214 g/mol. The second-order valence-electron chi connectivity index (χ2n) is 4.10. The van der Waals surface area contributed by atoms with Gasteiger partial charge in [-0.05, 0) is 18.9 Å². The van der Waals surface area contributed by atoms with Gasteiger partial charge in [-0.3, -0.25) is 5.43 Å². The Kier molecular flexibility index (Phi) is 5.69. The molecule has 1 rings (SSSR count). The summed E-state index contributed by atoms with van der Waals surface area (Å²) < 4.78 is 0. The van der Waals surface area contributed by atoms with E-state index in [1.165, 1.54) is 12.8 Å². The van der Waals surface area contributed by atoms with Gasteiger partial charge in [0.15, 0.2) is 0 Å². The Labute approximate surface area is 103 Å². The smallest absolute Gasteiger partial charge is 0.239 e. The highest BCUT2D eigenvalue weighted by atomic mass is 15.3. The highest BCUT2D eigenvalue weighted by Gasteiger charge is 2.12. The van der Waals surface area contributed by atoms with Crippen LogP contribution in [0.4, 0.5) is 11.8 Å². The standard InChI is InChI=1S/C12H23N5/c1-4-10(5-2)9-17(6-3)11-7-8-14-12(15-11)16-13/h7-8,10H,4-6,9,13H2,1-3H3,(H,14,15,16). The van der Waals surface area contributed by atoms with Crippen LogP contribution in [-0.4, -0.2) is 23.1 Å². The zero-order valence-electron chi connectivity index (χ0n) is 11.0. The third-order valence-corrected chi connectivity index (χ3v) is 3.11. The van der Waals surface area contributed by atoms with Crippen molar-refractivity contribution in [1.29, 1.82) is 0 Å². The first-order chi connectivity index (χ1) is 8.24. The minimum atomic E-state index is 0.463. The molecule has 0 amide bonds. The number of hydrazine groups is 1. The van der Waals surface area contributed by atoms with Crippen molar-refractivity contribution in [3.05, 3.63) is 12.3 Å². The quantitative estimate of drug-likeness (QED) is 0.561. The zero-order chi connectivity index (χ0) is 12.7. The van der Waals surface area contributed by atoms with E-state index in [9.17, 15) is 0 Å². The van der Waals surface area contributed by atoms with Gasteiger partial charge in [-0.2, -0.15) is 4.98 Å². The monoisotopic (exact) mass is 237 g/mol. The highest BCUT2D eigenvalue weighted by Crippen LogP contribution is 2.16. The first-order valence-electron chi connectivity index (χ1n) is 6.29. The fraction of sp³-hybridized carbons (Fsp3) is 0.667. The summed E-state index contributed by atoms with van der Waals surface area (Å²) in [5, 5.41) is 0. The van der Waals surface area contributed by atoms with E-state index in [1.54, 1.807) is 6.20 Å². The predicted molar refractivity (Wildman–Crippen MR) is 71.8 cm³/mol. The molecule has 0 aliphatic heterocycles. The van der Waals surface area contributed by atoms with Crippen molar-refractivity contribution >= 4 is 11.8 Å². The second kappa shape index (κ2) is 7.06. The Balaban J connectivity index is 2.77. The van der Waals surface area contributed by atoms with Gasteiger partial charge >= 0.3 is 0 Å². The first-order valence-corrected chi connectivity index (χ1v) is 6.29. The summed E-state index contributed by atoms with van der Waals surface area (Å²) in [4.78, 5) is 10.6. The highest BCUT2D eigenvalue weighted by molar-refractivity contribution is 5.41. The Morgan fingerprint density at radius 3 is 2.59 bits per heavy atom. The number of nitrogens with two attached hydrogens (primary N) is 1. The summed E-state index contributed by atoms with van der Waals surface area (Å²) in [6.45, 7) is 8.58. The fourth-order valence-electron chi connectivity index (χ4n) is 1.84. The van der Waals surface area contributed by atoms with Gasteiger partial charge in [0.2, 0.25) is 5.95 Å². The van der Waals surface area contributed by atoms with E-state index in [2.05, 4.69) is 41.1 Å². The van der Waals surface area contributed by atoms with Crippen LogP contribution in [0, 0.1) is 5.92 Å². The third kappa shape index (κ3) is 3.85. The lowest BCUT2D eigenvalue weighted by atomic mass is 10.0. The van der Waals surface area contributed by atoms with Crippen LogP contribution in [0.2, 0.25) is 0 Å². The van der Waals surface area contributed by atoms with Crippen LogP contribution >= 0.6 is 0 Å². The molecule has 1 aromatic heterocycles. The maximum atomic E-state index is 5.32. The molecule has 0 aromatic carbocycles. The van der Waals surface area contributed by atoms with Crippen molar-refractivity contribution < 1.29 is 0 Å². The first kappa shape index (κ1) is 13.7. The molecule has 0 radical (unpaired) electrons. The topological polar surface area (TPSA) is 67.1 Å². The number of nitrogen functional groups attached to an aromatic ring is 1. The van der Waals surface area contributed by atoms with Crippen molar-refractivity contribution in [3.8, 4) is 0 Å². The Morgan fingerprint density at radius 1 is 1.35 bits per heavy atom. The molecule has 0 aliphatic carbocycles. The summed E-state index contributed by atoms with van der Waals surface area (Å²) in [6.07, 6.45) is 4.12. The molecule has 0 atom stereocenters. The molecule has 17 heavy (non-hydrogen) atoms. The van der Waals surface area contributed by atoms with Crippen LogP contribution in [-0.2, 0) is 0 Å². The van der Waals surface area contributed by atoms with E-state index in [0.29, 0.717) is 11.9 Å². The number of hydrogen-bond donors (Lipinski definition) is 2. The molecule has 3 N–H and O–H groups in total. The molecule has 0 aliphatic rings. The third-order valence-electron chi connectivity index (χ3n) is 3.11. The maximum absolute atomic E-state index is 5.32. The van der Waals surface area contributed by atoms with Crippen molar-refractivity contribution in [3.63, 3.8) is 0 Å². The summed E-state index contributed by atoms with van der Waals surface area (Å²) in [5.74, 6) is 7.42. The summed E-state index contributed by atoms with van der Waals surface area (Å²) in [6, 6.07) is 1.92. The molecule has 1 aromatic rings. The fourth-order valence-corrected chi connectivity index (χ4v) is 1.84. The van der Waals surface area contributed by atoms with Crippen molar-refractivity contribution in [2.24, 2.45) is 11.8 Å². The van der Waals surface area contributed by atoms with Crippen LogP contribution in [0.5, 0.6) is 0 Å². The normalized spacial score (nSPS) is 10.6. The van der Waals surface area contributed by atoms with Crippen molar-refractivity contribution in [1.82, 2.24) is 9.97 Å². The van der Waals surface area contributed by atoms with Gasteiger partial charge in [0.05, 0.1) is 0 Å². The van der Waals surface area contributed by atoms with E-state index < -0.39 is 0 Å². The Morgan fingerprint density at radius 2 is 2.06 bits per heavy atom. The zero-order valence-corrected chi connectivity index (χ0v) is 11.0. The molecule has 5 heteroatoms. The molecule has 0 saturated carbocycles. The van der Waals surface area contributed by atoms with Crippen LogP contribution < -0.4 is 16.2 Å². The van der Waals surface area contributed by atoms with E-state index >= 15 is 0 Å². The van der Waals surface area contributed by atoms with Gasteiger partial charge in [0.25, 0.3) is 0 Å². The van der Waals surface area contributed by atoms with Gasteiger partial charge in [0, 0.05) is 19.3 Å². The van der Waals surface area contributed by atoms with Gasteiger partial charge in [-0.1, -0.05) is 26.7 Å². The molecule has 0 unspecified atom stereocenters. The molecular formula is C12H23N5. The van der Waals surface area contributed by atoms with Crippen LogP contribution in [0.3, 0.4) is 0 Å². The number of aromatic nitrogens is 2. The summed E-state index contributed by atoms with van der Waals surface area (Å²) in [7, 11) is 0. The van der Waals surface area contributed by atoms with Gasteiger partial charge < -0.3 is 4.90 Å². The average Bonchev–Trinajstić information content (AvgIpc) is 2.40. The number of nitrogens with zero attached hydrogens (tertiary/aromatic N) is 3. The molecule has 1 heterocycles. The molecule has 0 fully saturated rings. The number of hydrogen-bond acceptors (Lipinski definition) is 5. The Bertz CT molecular complexity index is 324. The van der Waals surface area contributed by atoms with Crippen molar-refractivity contribution in [2.75, 3.05) is 23.4 Å². The predicted octanol–water partition coefficient (Wildman–Crippen LogP) is 2.02. The molecule has 0 spiro atoms. The van der Waals surface area contributed by atoms with Crippen LogP contribution in [0.15, 0.2) is 12.3 Å². The summed E-state index contributed by atoms with van der Waals surface area (Å²) in [5.41, 5.74) is 2.48. The van der Waals surface area contributed by atoms with E-state index in [1.807, 2.05) is 6.07 Å². The molecule has 96 valence electrons. The number of rotatable bonds is 7. The molecule has 0 bridgehead atoms.